The minimum Gasteiger partial charge on any atom is -0.493 e. The first-order valence-electron chi connectivity index (χ1n) is 6.51. The summed E-state index contributed by atoms with van der Waals surface area (Å²) in [7, 11) is 0. The van der Waals surface area contributed by atoms with E-state index in [-0.39, 0.29) is 11.9 Å². The summed E-state index contributed by atoms with van der Waals surface area (Å²) in [6.45, 7) is 4.72. The molecular formula is C14H18N2O2. The molecule has 2 N–H and O–H groups in total. The Labute approximate surface area is 107 Å². The van der Waals surface area contributed by atoms with Crippen LogP contribution in [0.25, 0.3) is 0 Å². The van der Waals surface area contributed by atoms with Crippen molar-refractivity contribution in [3.8, 4) is 5.75 Å². The molecule has 1 amide bonds. The minimum atomic E-state index is 0.0188. The van der Waals surface area contributed by atoms with Gasteiger partial charge < -0.3 is 15.4 Å². The second-order valence-corrected chi connectivity index (χ2v) is 5.14. The summed E-state index contributed by atoms with van der Waals surface area (Å²) in [6, 6.07) is 5.92. The summed E-state index contributed by atoms with van der Waals surface area (Å²) in [6.07, 6.45) is 0.901. The smallest absolute Gasteiger partial charge is 0.251 e. The van der Waals surface area contributed by atoms with Crippen molar-refractivity contribution in [3.63, 3.8) is 0 Å². The highest BCUT2D eigenvalue weighted by molar-refractivity contribution is 5.94. The lowest BCUT2D eigenvalue weighted by Crippen LogP contribution is -2.39. The Morgan fingerprint density at radius 1 is 1.44 bits per heavy atom. The van der Waals surface area contributed by atoms with Crippen molar-refractivity contribution in [1.29, 1.82) is 0 Å². The molecule has 0 aromatic heterocycles. The van der Waals surface area contributed by atoms with Gasteiger partial charge in [0, 0.05) is 24.6 Å². The molecule has 2 aliphatic rings. The lowest BCUT2D eigenvalue weighted by Gasteiger charge is -2.16. The van der Waals surface area contributed by atoms with E-state index in [4.69, 9.17) is 4.74 Å². The van der Waals surface area contributed by atoms with Crippen LogP contribution in [-0.2, 0) is 6.42 Å². The average Bonchev–Trinajstić information content (AvgIpc) is 2.98. The third-order valence-electron chi connectivity index (χ3n) is 3.79. The van der Waals surface area contributed by atoms with Crippen LogP contribution in [0, 0.1) is 5.92 Å². The fourth-order valence-corrected chi connectivity index (χ4v) is 2.58. The van der Waals surface area contributed by atoms with Crippen LogP contribution in [0.15, 0.2) is 18.2 Å². The molecule has 0 aliphatic carbocycles. The van der Waals surface area contributed by atoms with E-state index in [9.17, 15) is 4.79 Å². The summed E-state index contributed by atoms with van der Waals surface area (Å²) in [4.78, 5) is 12.2. The number of hydrogen-bond acceptors (Lipinski definition) is 3. The van der Waals surface area contributed by atoms with Crippen molar-refractivity contribution in [2.75, 3.05) is 19.7 Å². The van der Waals surface area contributed by atoms with Gasteiger partial charge in [-0.2, -0.15) is 0 Å². The number of ether oxygens (including phenoxy) is 1. The van der Waals surface area contributed by atoms with Crippen LogP contribution in [0.5, 0.6) is 5.75 Å². The number of carbonyl (C=O) groups is 1. The highest BCUT2D eigenvalue weighted by Gasteiger charge is 2.25. The molecule has 18 heavy (non-hydrogen) atoms. The van der Waals surface area contributed by atoms with Crippen LogP contribution in [0.4, 0.5) is 0 Å². The Bertz CT molecular complexity index is 473. The van der Waals surface area contributed by atoms with E-state index in [2.05, 4.69) is 17.6 Å². The molecule has 0 radical (unpaired) electrons. The number of fused-ring (bicyclic) bond motifs is 1. The van der Waals surface area contributed by atoms with Gasteiger partial charge in [-0.3, -0.25) is 4.79 Å². The van der Waals surface area contributed by atoms with E-state index in [1.54, 1.807) is 0 Å². The number of carbonyl (C=O) groups excluding carboxylic acids is 1. The van der Waals surface area contributed by atoms with Gasteiger partial charge in [-0.05, 0) is 36.2 Å². The summed E-state index contributed by atoms with van der Waals surface area (Å²) >= 11 is 0. The average molecular weight is 246 g/mol. The molecule has 2 heterocycles. The highest BCUT2D eigenvalue weighted by Crippen LogP contribution is 2.25. The van der Waals surface area contributed by atoms with E-state index in [1.165, 1.54) is 0 Å². The molecular weight excluding hydrogens is 228 g/mol. The van der Waals surface area contributed by atoms with Crippen LogP contribution in [0.3, 0.4) is 0 Å². The van der Waals surface area contributed by atoms with Gasteiger partial charge >= 0.3 is 0 Å². The van der Waals surface area contributed by atoms with Gasteiger partial charge in [0.1, 0.15) is 5.75 Å². The molecule has 3 rings (SSSR count). The SMILES string of the molecule is CC1CNCC1NC(=O)c1ccc2c(c1)CCO2. The molecule has 1 aromatic carbocycles. The summed E-state index contributed by atoms with van der Waals surface area (Å²) in [5.41, 5.74) is 1.87. The molecule has 4 heteroatoms. The Balaban J connectivity index is 1.72. The number of hydrogen-bond donors (Lipinski definition) is 2. The molecule has 2 unspecified atom stereocenters. The van der Waals surface area contributed by atoms with Gasteiger partial charge in [0.2, 0.25) is 0 Å². The molecule has 1 fully saturated rings. The maximum atomic E-state index is 12.2. The first-order chi connectivity index (χ1) is 8.74. The third kappa shape index (κ3) is 2.08. The number of benzene rings is 1. The molecule has 2 aliphatic heterocycles. The maximum absolute atomic E-state index is 12.2. The zero-order valence-corrected chi connectivity index (χ0v) is 10.5. The summed E-state index contributed by atoms with van der Waals surface area (Å²) in [5, 5.41) is 6.38. The van der Waals surface area contributed by atoms with Crippen LogP contribution < -0.4 is 15.4 Å². The van der Waals surface area contributed by atoms with Gasteiger partial charge in [-0.1, -0.05) is 6.92 Å². The number of amides is 1. The van der Waals surface area contributed by atoms with E-state index >= 15 is 0 Å². The first-order valence-corrected chi connectivity index (χ1v) is 6.51. The van der Waals surface area contributed by atoms with Crippen molar-refractivity contribution < 1.29 is 9.53 Å². The Morgan fingerprint density at radius 2 is 2.33 bits per heavy atom. The van der Waals surface area contributed by atoms with Crippen LogP contribution in [0.2, 0.25) is 0 Å². The molecule has 4 nitrogen and oxygen atoms in total. The maximum Gasteiger partial charge on any atom is 0.251 e. The molecule has 2 atom stereocenters. The van der Waals surface area contributed by atoms with E-state index in [0.717, 1.165) is 43.0 Å². The third-order valence-corrected chi connectivity index (χ3v) is 3.79. The Kier molecular flexibility index (Phi) is 2.96. The second-order valence-electron chi connectivity index (χ2n) is 5.14. The van der Waals surface area contributed by atoms with E-state index in [1.807, 2.05) is 18.2 Å². The molecule has 0 spiro atoms. The fourth-order valence-electron chi connectivity index (χ4n) is 2.58. The highest BCUT2D eigenvalue weighted by atomic mass is 16.5. The number of nitrogens with one attached hydrogen (secondary N) is 2. The largest absolute Gasteiger partial charge is 0.493 e. The second kappa shape index (κ2) is 4.61. The van der Waals surface area contributed by atoms with Gasteiger partial charge in [0.25, 0.3) is 5.91 Å². The first kappa shape index (κ1) is 11.5. The zero-order chi connectivity index (χ0) is 12.5. The van der Waals surface area contributed by atoms with Gasteiger partial charge in [-0.25, -0.2) is 0 Å². The van der Waals surface area contributed by atoms with Gasteiger partial charge in [-0.15, -0.1) is 0 Å². The normalized spacial score (nSPS) is 25.6. The minimum absolute atomic E-state index is 0.0188. The molecule has 1 saturated heterocycles. The molecule has 1 aromatic rings. The van der Waals surface area contributed by atoms with Crippen LogP contribution >= 0.6 is 0 Å². The van der Waals surface area contributed by atoms with Crippen LogP contribution in [0.1, 0.15) is 22.8 Å². The van der Waals surface area contributed by atoms with E-state index < -0.39 is 0 Å². The Morgan fingerprint density at radius 3 is 3.11 bits per heavy atom. The standard InChI is InChI=1S/C14H18N2O2/c1-9-7-15-8-12(9)16-14(17)11-2-3-13-10(6-11)4-5-18-13/h2-3,6,9,12,15H,4-5,7-8H2,1H3,(H,16,17). The number of rotatable bonds is 2. The Hall–Kier alpha value is -1.55. The molecule has 0 saturated carbocycles. The van der Waals surface area contributed by atoms with Gasteiger partial charge in [0.15, 0.2) is 0 Å². The molecule has 96 valence electrons. The fraction of sp³-hybridized carbons (Fsp3) is 0.500. The monoisotopic (exact) mass is 246 g/mol. The van der Waals surface area contributed by atoms with Gasteiger partial charge in [0.05, 0.1) is 6.61 Å². The predicted molar refractivity (Wildman–Crippen MR) is 68.9 cm³/mol. The topological polar surface area (TPSA) is 50.4 Å². The van der Waals surface area contributed by atoms with Crippen molar-refractivity contribution in [3.05, 3.63) is 29.3 Å². The summed E-state index contributed by atoms with van der Waals surface area (Å²) in [5.74, 6) is 1.43. The van der Waals surface area contributed by atoms with Crippen molar-refractivity contribution >= 4 is 5.91 Å². The predicted octanol–water partition coefficient (Wildman–Crippen LogP) is 0.959. The van der Waals surface area contributed by atoms with Crippen LogP contribution in [-0.4, -0.2) is 31.6 Å². The molecule has 0 bridgehead atoms. The quantitative estimate of drug-likeness (QED) is 0.817. The van der Waals surface area contributed by atoms with Crippen molar-refractivity contribution in [2.24, 2.45) is 5.92 Å². The lowest BCUT2D eigenvalue weighted by atomic mass is 10.0. The van der Waals surface area contributed by atoms with Crippen molar-refractivity contribution in [2.45, 2.75) is 19.4 Å². The lowest BCUT2D eigenvalue weighted by molar-refractivity contribution is 0.0933. The van der Waals surface area contributed by atoms with E-state index in [0.29, 0.717) is 5.92 Å². The zero-order valence-electron chi connectivity index (χ0n) is 10.5. The summed E-state index contributed by atoms with van der Waals surface area (Å²) < 4.78 is 5.44. The van der Waals surface area contributed by atoms with Crippen molar-refractivity contribution in [1.82, 2.24) is 10.6 Å².